The molecule has 5 nitrogen and oxygen atoms in total. The Hall–Kier alpha value is -1.28. The first-order chi connectivity index (χ1) is 10.9. The van der Waals surface area contributed by atoms with Gasteiger partial charge in [0.05, 0.1) is 6.54 Å². The molecule has 1 aliphatic carbocycles. The van der Waals surface area contributed by atoms with E-state index in [1.54, 1.807) is 4.90 Å². The lowest BCUT2D eigenvalue weighted by Crippen LogP contribution is -2.65. The molecule has 5 heteroatoms. The van der Waals surface area contributed by atoms with Crippen LogP contribution in [0.15, 0.2) is 0 Å². The Kier molecular flexibility index (Phi) is 4.55. The van der Waals surface area contributed by atoms with Gasteiger partial charge in [0.2, 0.25) is 5.91 Å². The molecule has 3 fully saturated rings. The molecule has 2 aliphatic heterocycles. The summed E-state index contributed by atoms with van der Waals surface area (Å²) in [5, 5.41) is 9.12. The molecule has 3 rings (SSSR count). The fraction of sp³-hybridized carbons (Fsp3) is 0.889. The minimum absolute atomic E-state index is 0.0995. The molecule has 0 bridgehead atoms. The summed E-state index contributed by atoms with van der Waals surface area (Å²) >= 11 is 0. The highest BCUT2D eigenvalue weighted by Crippen LogP contribution is 2.39. The highest BCUT2D eigenvalue weighted by molar-refractivity contribution is 5.83. The van der Waals surface area contributed by atoms with E-state index in [2.05, 4.69) is 36.8 Å². The number of hydrogen-bond acceptors (Lipinski definition) is 4. The Labute approximate surface area is 140 Å². The van der Waals surface area contributed by atoms with Crippen molar-refractivity contribution >= 4 is 5.91 Å². The molecule has 128 valence electrons. The van der Waals surface area contributed by atoms with Gasteiger partial charge in [0, 0.05) is 32.2 Å². The van der Waals surface area contributed by atoms with Crippen LogP contribution < -0.4 is 0 Å². The minimum atomic E-state index is -0.0995. The first-order valence-electron chi connectivity index (χ1n) is 9.09. The van der Waals surface area contributed by atoms with Crippen LogP contribution in [0.3, 0.4) is 0 Å². The average Bonchev–Trinajstić information content (AvgIpc) is 2.54. The van der Waals surface area contributed by atoms with Crippen molar-refractivity contribution in [1.29, 1.82) is 5.26 Å². The van der Waals surface area contributed by atoms with Gasteiger partial charge in [-0.3, -0.25) is 9.69 Å². The number of nitriles is 1. The van der Waals surface area contributed by atoms with Gasteiger partial charge in [-0.05, 0) is 37.0 Å². The third kappa shape index (κ3) is 3.33. The molecule has 3 aliphatic rings. The summed E-state index contributed by atoms with van der Waals surface area (Å²) in [5.74, 6) is 1.04. The maximum absolute atomic E-state index is 12.9. The van der Waals surface area contributed by atoms with Gasteiger partial charge in [-0.15, -0.1) is 0 Å². The normalized spacial score (nSPS) is 33.3. The second-order valence-corrected chi connectivity index (χ2v) is 8.50. The Bertz CT molecular complexity index is 484. The number of fused-ring (bicyclic) bond motifs is 1. The van der Waals surface area contributed by atoms with Crippen molar-refractivity contribution in [3.05, 3.63) is 0 Å². The van der Waals surface area contributed by atoms with E-state index in [-0.39, 0.29) is 11.9 Å². The summed E-state index contributed by atoms with van der Waals surface area (Å²) in [6.45, 7) is 11.0. The van der Waals surface area contributed by atoms with Gasteiger partial charge in [0.1, 0.15) is 6.04 Å². The summed E-state index contributed by atoms with van der Waals surface area (Å²) in [7, 11) is 0. The number of rotatable bonds is 1. The lowest BCUT2D eigenvalue weighted by atomic mass is 9.71. The summed E-state index contributed by atoms with van der Waals surface area (Å²) in [6.07, 6.45) is 6.96. The van der Waals surface area contributed by atoms with Crippen molar-refractivity contribution in [2.75, 3.05) is 32.7 Å². The van der Waals surface area contributed by atoms with Crippen molar-refractivity contribution in [2.45, 2.75) is 58.5 Å². The molecule has 1 saturated carbocycles. The van der Waals surface area contributed by atoms with Gasteiger partial charge < -0.3 is 9.80 Å². The van der Waals surface area contributed by atoms with Crippen molar-refractivity contribution in [2.24, 2.45) is 11.3 Å². The van der Waals surface area contributed by atoms with Gasteiger partial charge in [-0.2, -0.15) is 5.26 Å². The van der Waals surface area contributed by atoms with E-state index < -0.39 is 0 Å². The number of piperazine rings is 2. The fourth-order valence-corrected chi connectivity index (χ4v) is 4.57. The zero-order chi connectivity index (χ0) is 16.6. The molecule has 1 atom stereocenters. The first kappa shape index (κ1) is 16.6. The third-order valence-electron chi connectivity index (χ3n) is 6.19. The Morgan fingerprint density at radius 1 is 1.04 bits per heavy atom. The van der Waals surface area contributed by atoms with Crippen molar-refractivity contribution in [1.82, 2.24) is 14.7 Å². The van der Waals surface area contributed by atoms with Gasteiger partial charge in [0.25, 0.3) is 0 Å². The van der Waals surface area contributed by atoms with E-state index >= 15 is 0 Å². The maximum Gasteiger partial charge on any atom is 0.242 e. The number of amides is 1. The maximum atomic E-state index is 12.9. The van der Waals surface area contributed by atoms with Gasteiger partial charge in [-0.1, -0.05) is 20.8 Å². The second-order valence-electron chi connectivity index (χ2n) is 8.50. The van der Waals surface area contributed by atoms with Crippen LogP contribution in [-0.4, -0.2) is 65.4 Å². The van der Waals surface area contributed by atoms with E-state index in [1.165, 1.54) is 12.8 Å². The van der Waals surface area contributed by atoms with E-state index in [4.69, 9.17) is 5.26 Å². The van der Waals surface area contributed by atoms with Crippen LogP contribution in [0.25, 0.3) is 0 Å². The average molecular weight is 318 g/mol. The lowest BCUT2D eigenvalue weighted by molar-refractivity contribution is -0.148. The molecule has 1 amide bonds. The summed E-state index contributed by atoms with van der Waals surface area (Å²) in [6, 6.07) is 0.318. The molecule has 1 unspecified atom stereocenters. The molecule has 0 aromatic rings. The Morgan fingerprint density at radius 3 is 2.30 bits per heavy atom. The van der Waals surface area contributed by atoms with Crippen LogP contribution >= 0.6 is 0 Å². The Morgan fingerprint density at radius 2 is 1.70 bits per heavy atom. The molecule has 0 spiro atoms. The summed E-state index contributed by atoms with van der Waals surface area (Å²) in [4.78, 5) is 19.1. The van der Waals surface area contributed by atoms with Crippen LogP contribution in [0, 0.1) is 22.8 Å². The van der Waals surface area contributed by atoms with E-state index in [1.807, 2.05) is 0 Å². The highest BCUT2D eigenvalue weighted by Gasteiger charge is 2.42. The second kappa shape index (κ2) is 6.32. The smallest absolute Gasteiger partial charge is 0.242 e. The quantitative estimate of drug-likeness (QED) is 0.693. The van der Waals surface area contributed by atoms with E-state index in [9.17, 15) is 4.79 Å². The topological polar surface area (TPSA) is 50.6 Å². The van der Waals surface area contributed by atoms with E-state index in [0.29, 0.717) is 18.0 Å². The fourth-order valence-electron chi connectivity index (χ4n) is 4.57. The zero-order valence-corrected chi connectivity index (χ0v) is 14.8. The van der Waals surface area contributed by atoms with Crippen LogP contribution in [0.2, 0.25) is 0 Å². The first-order valence-corrected chi connectivity index (χ1v) is 9.09. The molecule has 0 N–H and O–H groups in total. The Balaban J connectivity index is 1.62. The highest BCUT2D eigenvalue weighted by atomic mass is 16.2. The monoisotopic (exact) mass is 318 g/mol. The molecular formula is C18H30N4O. The van der Waals surface area contributed by atoms with Gasteiger partial charge >= 0.3 is 0 Å². The zero-order valence-electron chi connectivity index (χ0n) is 14.8. The number of nitrogens with zero attached hydrogens (tertiary/aromatic N) is 4. The molecule has 2 saturated heterocycles. The standard InChI is InChI=1S/C18H30N4O/c1-18(2,3)14-4-6-15(7-5-14)22-11-10-21-9-8-20(13-19)12-16(21)17(22)23/h14-16H,4-12H2,1-3H3. The van der Waals surface area contributed by atoms with Crippen LogP contribution in [-0.2, 0) is 4.79 Å². The molecular weight excluding hydrogens is 288 g/mol. The van der Waals surface area contributed by atoms with Crippen molar-refractivity contribution in [3.8, 4) is 6.19 Å². The molecule has 2 heterocycles. The van der Waals surface area contributed by atoms with Crippen molar-refractivity contribution in [3.63, 3.8) is 0 Å². The molecule has 0 aromatic carbocycles. The lowest BCUT2D eigenvalue weighted by Gasteiger charge is -2.49. The largest absolute Gasteiger partial charge is 0.337 e. The van der Waals surface area contributed by atoms with Crippen LogP contribution in [0.1, 0.15) is 46.5 Å². The SMILES string of the molecule is CC(C)(C)C1CCC(N2CCN3CCN(C#N)CC3C2=O)CC1. The molecule has 23 heavy (non-hydrogen) atoms. The molecule has 0 radical (unpaired) electrons. The minimum Gasteiger partial charge on any atom is -0.337 e. The van der Waals surface area contributed by atoms with Crippen LogP contribution in [0.5, 0.6) is 0 Å². The van der Waals surface area contributed by atoms with Gasteiger partial charge in [-0.25, -0.2) is 0 Å². The number of hydrogen-bond donors (Lipinski definition) is 0. The predicted molar refractivity (Wildman–Crippen MR) is 89.5 cm³/mol. The van der Waals surface area contributed by atoms with E-state index in [0.717, 1.165) is 44.9 Å². The van der Waals surface area contributed by atoms with Crippen molar-refractivity contribution < 1.29 is 4.79 Å². The third-order valence-corrected chi connectivity index (χ3v) is 6.19. The summed E-state index contributed by atoms with van der Waals surface area (Å²) in [5.41, 5.74) is 0.379. The van der Waals surface area contributed by atoms with Crippen LogP contribution in [0.4, 0.5) is 0 Å². The predicted octanol–water partition coefficient (Wildman–Crippen LogP) is 1.90. The number of carbonyl (C=O) groups is 1. The summed E-state index contributed by atoms with van der Waals surface area (Å²) < 4.78 is 0. The number of carbonyl (C=O) groups excluding carboxylic acids is 1. The van der Waals surface area contributed by atoms with Gasteiger partial charge in [0.15, 0.2) is 6.19 Å². The molecule has 0 aromatic heterocycles.